The SMILES string of the molecule is NNc1cc(S(=O)(=O)Nc2c(Br)cccc2Br)ccn1. The molecule has 0 atom stereocenters. The second-order valence-corrected chi connectivity index (χ2v) is 7.11. The number of anilines is 2. The molecule has 0 saturated heterocycles. The first-order chi connectivity index (χ1) is 9.44. The Morgan fingerprint density at radius 1 is 1.15 bits per heavy atom. The van der Waals surface area contributed by atoms with Crippen LogP contribution in [0, 0.1) is 0 Å². The summed E-state index contributed by atoms with van der Waals surface area (Å²) in [6.07, 6.45) is 1.36. The van der Waals surface area contributed by atoms with E-state index >= 15 is 0 Å². The molecule has 1 heterocycles. The summed E-state index contributed by atoms with van der Waals surface area (Å²) in [7, 11) is -3.74. The minimum absolute atomic E-state index is 0.0584. The predicted molar refractivity (Wildman–Crippen MR) is 84.7 cm³/mol. The van der Waals surface area contributed by atoms with Gasteiger partial charge in [-0.05, 0) is 50.1 Å². The van der Waals surface area contributed by atoms with Crippen LogP contribution < -0.4 is 16.0 Å². The third-order valence-electron chi connectivity index (χ3n) is 2.39. The molecule has 6 nitrogen and oxygen atoms in total. The number of para-hydroxylation sites is 1. The van der Waals surface area contributed by atoms with Gasteiger partial charge in [0.15, 0.2) is 0 Å². The van der Waals surface area contributed by atoms with E-state index in [9.17, 15) is 8.42 Å². The van der Waals surface area contributed by atoms with E-state index in [1.54, 1.807) is 18.2 Å². The van der Waals surface area contributed by atoms with Crippen LogP contribution in [0.15, 0.2) is 50.4 Å². The lowest BCUT2D eigenvalue weighted by atomic mass is 10.3. The maximum absolute atomic E-state index is 12.3. The van der Waals surface area contributed by atoms with Crippen molar-refractivity contribution in [3.63, 3.8) is 0 Å². The van der Waals surface area contributed by atoms with Gasteiger partial charge in [-0.1, -0.05) is 6.07 Å². The summed E-state index contributed by atoms with van der Waals surface area (Å²) < 4.78 is 28.4. The highest BCUT2D eigenvalue weighted by molar-refractivity contribution is 9.11. The van der Waals surface area contributed by atoms with Crippen molar-refractivity contribution < 1.29 is 8.42 Å². The summed E-state index contributed by atoms with van der Waals surface area (Å²) >= 11 is 6.60. The molecule has 0 saturated carbocycles. The fourth-order valence-electron chi connectivity index (χ4n) is 1.45. The number of pyridine rings is 1. The van der Waals surface area contributed by atoms with Gasteiger partial charge in [0.2, 0.25) is 0 Å². The minimum Gasteiger partial charge on any atom is -0.308 e. The van der Waals surface area contributed by atoms with Gasteiger partial charge in [-0.2, -0.15) is 0 Å². The van der Waals surface area contributed by atoms with E-state index in [1.807, 2.05) is 0 Å². The Labute approximate surface area is 133 Å². The number of hydrogen-bond donors (Lipinski definition) is 3. The fraction of sp³-hybridized carbons (Fsp3) is 0. The molecule has 0 fully saturated rings. The first kappa shape index (κ1) is 15.2. The highest BCUT2D eigenvalue weighted by Gasteiger charge is 2.18. The molecule has 0 aliphatic rings. The van der Waals surface area contributed by atoms with E-state index in [4.69, 9.17) is 5.84 Å². The van der Waals surface area contributed by atoms with Crippen molar-refractivity contribution >= 4 is 53.4 Å². The van der Waals surface area contributed by atoms with Crippen LogP contribution in [-0.2, 0) is 10.0 Å². The second-order valence-electron chi connectivity index (χ2n) is 3.72. The molecule has 0 spiro atoms. The van der Waals surface area contributed by atoms with E-state index in [1.165, 1.54) is 18.3 Å². The number of rotatable bonds is 4. The van der Waals surface area contributed by atoms with Gasteiger partial charge in [-0.25, -0.2) is 19.2 Å². The number of sulfonamides is 1. The lowest BCUT2D eigenvalue weighted by molar-refractivity contribution is 0.601. The normalized spacial score (nSPS) is 11.2. The van der Waals surface area contributed by atoms with Crippen molar-refractivity contribution in [2.75, 3.05) is 10.1 Å². The molecule has 106 valence electrons. The Kier molecular flexibility index (Phi) is 4.63. The Morgan fingerprint density at radius 2 is 1.80 bits per heavy atom. The summed E-state index contributed by atoms with van der Waals surface area (Å²) in [4.78, 5) is 3.93. The van der Waals surface area contributed by atoms with Crippen LogP contribution in [-0.4, -0.2) is 13.4 Å². The van der Waals surface area contributed by atoms with Crippen molar-refractivity contribution in [3.05, 3.63) is 45.5 Å². The molecule has 0 aliphatic carbocycles. The third-order valence-corrected chi connectivity index (χ3v) is 5.06. The van der Waals surface area contributed by atoms with Crippen LogP contribution in [0.25, 0.3) is 0 Å². The maximum Gasteiger partial charge on any atom is 0.262 e. The van der Waals surface area contributed by atoms with Gasteiger partial charge in [0.25, 0.3) is 10.0 Å². The number of halogens is 2. The van der Waals surface area contributed by atoms with Gasteiger partial charge >= 0.3 is 0 Å². The van der Waals surface area contributed by atoms with Crippen LogP contribution in [0.2, 0.25) is 0 Å². The van der Waals surface area contributed by atoms with Crippen LogP contribution in [0.3, 0.4) is 0 Å². The summed E-state index contributed by atoms with van der Waals surface area (Å²) in [5.41, 5.74) is 2.73. The fourth-order valence-corrected chi connectivity index (χ4v) is 4.02. The van der Waals surface area contributed by atoms with Crippen molar-refractivity contribution in [2.45, 2.75) is 4.90 Å². The molecule has 1 aromatic carbocycles. The molecule has 0 unspecified atom stereocenters. The smallest absolute Gasteiger partial charge is 0.262 e. The Bertz CT molecular complexity index is 717. The largest absolute Gasteiger partial charge is 0.308 e. The molecular formula is C11H10Br2N4O2S. The zero-order chi connectivity index (χ0) is 14.8. The number of aromatic nitrogens is 1. The number of nitrogens with one attached hydrogen (secondary N) is 2. The van der Waals surface area contributed by atoms with Gasteiger partial charge < -0.3 is 5.43 Å². The van der Waals surface area contributed by atoms with E-state index in [0.717, 1.165) is 0 Å². The standard InChI is InChI=1S/C11H10Br2N4O2S/c12-8-2-1-3-9(13)11(8)17-20(18,19)7-4-5-15-10(6-7)16-14/h1-6,17H,14H2,(H,15,16). The van der Waals surface area contributed by atoms with Gasteiger partial charge in [-0.15, -0.1) is 0 Å². The average molecular weight is 422 g/mol. The van der Waals surface area contributed by atoms with Crippen LogP contribution in [0.4, 0.5) is 11.5 Å². The molecule has 0 radical (unpaired) electrons. The molecule has 0 aliphatic heterocycles. The van der Waals surface area contributed by atoms with E-state index in [0.29, 0.717) is 14.6 Å². The monoisotopic (exact) mass is 420 g/mol. The third kappa shape index (κ3) is 3.29. The van der Waals surface area contributed by atoms with Crippen LogP contribution in [0.5, 0.6) is 0 Å². The molecule has 2 aromatic rings. The molecule has 9 heteroatoms. The number of hydrogen-bond acceptors (Lipinski definition) is 5. The lowest BCUT2D eigenvalue weighted by Gasteiger charge is -2.12. The highest BCUT2D eigenvalue weighted by atomic mass is 79.9. The summed E-state index contributed by atoms with van der Waals surface area (Å²) in [6.45, 7) is 0. The number of nitrogens with two attached hydrogens (primary N) is 1. The first-order valence-corrected chi connectivity index (χ1v) is 8.40. The lowest BCUT2D eigenvalue weighted by Crippen LogP contribution is -2.15. The predicted octanol–water partition coefficient (Wildman–Crippen LogP) is 2.69. The zero-order valence-corrected chi connectivity index (χ0v) is 14.0. The van der Waals surface area contributed by atoms with Crippen molar-refractivity contribution in [1.29, 1.82) is 0 Å². The summed E-state index contributed by atoms with van der Waals surface area (Å²) in [6, 6.07) is 7.99. The molecule has 1 aromatic heterocycles. The number of nitrogen functional groups attached to an aromatic ring is 1. The molecule has 0 amide bonds. The molecule has 20 heavy (non-hydrogen) atoms. The molecule has 4 N–H and O–H groups in total. The van der Waals surface area contributed by atoms with E-state index in [2.05, 4.69) is 47.0 Å². The van der Waals surface area contributed by atoms with E-state index < -0.39 is 10.0 Å². The minimum atomic E-state index is -3.74. The second kappa shape index (κ2) is 6.08. The summed E-state index contributed by atoms with van der Waals surface area (Å²) in [5, 5.41) is 0. The van der Waals surface area contributed by atoms with Crippen LogP contribution in [0.1, 0.15) is 0 Å². The van der Waals surface area contributed by atoms with Gasteiger partial charge in [-0.3, -0.25) is 4.72 Å². The first-order valence-electron chi connectivity index (χ1n) is 5.33. The average Bonchev–Trinajstić information content (AvgIpc) is 2.43. The number of nitrogens with zero attached hydrogens (tertiary/aromatic N) is 1. The Balaban J connectivity index is 2.41. The molecule has 0 bridgehead atoms. The van der Waals surface area contributed by atoms with Gasteiger partial charge in [0.05, 0.1) is 10.6 Å². The molecular weight excluding hydrogens is 412 g/mol. The quantitative estimate of drug-likeness (QED) is 0.520. The number of benzene rings is 1. The topological polar surface area (TPSA) is 97.1 Å². The van der Waals surface area contributed by atoms with Crippen molar-refractivity contribution in [1.82, 2.24) is 4.98 Å². The zero-order valence-electron chi connectivity index (χ0n) is 9.97. The highest BCUT2D eigenvalue weighted by Crippen LogP contribution is 2.32. The summed E-state index contributed by atoms with van der Waals surface area (Å²) in [5.74, 6) is 5.48. The maximum atomic E-state index is 12.3. The Hall–Kier alpha value is -1.16. The van der Waals surface area contributed by atoms with Crippen molar-refractivity contribution in [3.8, 4) is 0 Å². The van der Waals surface area contributed by atoms with Crippen LogP contribution >= 0.6 is 31.9 Å². The van der Waals surface area contributed by atoms with Gasteiger partial charge in [0, 0.05) is 21.2 Å². The van der Waals surface area contributed by atoms with Gasteiger partial charge in [0.1, 0.15) is 5.82 Å². The molecule has 2 rings (SSSR count). The van der Waals surface area contributed by atoms with Crippen molar-refractivity contribution in [2.24, 2.45) is 5.84 Å². The Morgan fingerprint density at radius 3 is 2.40 bits per heavy atom. The van der Waals surface area contributed by atoms with E-state index in [-0.39, 0.29) is 10.7 Å². The number of hydrazine groups is 1.